The minimum absolute atomic E-state index is 0.0610. The lowest BCUT2D eigenvalue weighted by molar-refractivity contribution is -0.147. The number of amides is 1. The zero-order chi connectivity index (χ0) is 34.7. The summed E-state index contributed by atoms with van der Waals surface area (Å²) in [5.74, 6) is -0.569. The molecular weight excluding hydrogens is 617 g/mol. The Kier molecular flexibility index (Phi) is 32.0. The Morgan fingerprint density at radius 3 is 1.85 bits per heavy atom. The first-order valence-electron chi connectivity index (χ1n) is 17.8. The molecule has 9 nitrogen and oxygen atoms in total. The van der Waals surface area contributed by atoms with E-state index in [4.69, 9.17) is 13.8 Å². The Balaban J connectivity index is 3.72. The highest BCUT2D eigenvalue weighted by Gasteiger charge is 2.23. The molecule has 0 bridgehead atoms. The van der Waals surface area contributed by atoms with E-state index in [2.05, 4.69) is 79.9 Å². The molecule has 270 valence electrons. The number of rotatable bonds is 32. The maximum absolute atomic E-state index is 12.0. The summed E-state index contributed by atoms with van der Waals surface area (Å²) in [7, 11) is -4.42. The van der Waals surface area contributed by atoms with Crippen LogP contribution < -0.4 is 5.32 Å². The van der Waals surface area contributed by atoms with Crippen LogP contribution in [0.15, 0.2) is 60.8 Å². The molecule has 0 rings (SSSR count). The van der Waals surface area contributed by atoms with Gasteiger partial charge in [0.1, 0.15) is 12.7 Å². The van der Waals surface area contributed by atoms with Crippen molar-refractivity contribution in [3.8, 4) is 0 Å². The maximum atomic E-state index is 12.0. The molecule has 2 atom stereocenters. The highest BCUT2D eigenvalue weighted by Crippen LogP contribution is 2.42. The van der Waals surface area contributed by atoms with E-state index in [-0.39, 0.29) is 32.1 Å². The molecule has 0 fully saturated rings. The fourth-order valence-corrected chi connectivity index (χ4v) is 5.01. The van der Waals surface area contributed by atoms with Crippen LogP contribution in [0.3, 0.4) is 0 Å². The molecule has 0 aromatic heterocycles. The summed E-state index contributed by atoms with van der Waals surface area (Å²) in [5.41, 5.74) is 0. The van der Waals surface area contributed by atoms with Crippen LogP contribution in [0.2, 0.25) is 0 Å². The Labute approximate surface area is 285 Å². The van der Waals surface area contributed by atoms with Gasteiger partial charge in [-0.15, -0.1) is 0 Å². The highest BCUT2D eigenvalue weighted by molar-refractivity contribution is 7.47. The van der Waals surface area contributed by atoms with E-state index in [1.54, 1.807) is 0 Å². The number of unbranched alkanes of at least 4 members (excludes halogenated alkanes) is 9. The normalized spacial score (nSPS) is 14.2. The lowest BCUT2D eigenvalue weighted by Gasteiger charge is -2.15. The lowest BCUT2D eigenvalue weighted by atomic mass is 10.1. The van der Waals surface area contributed by atoms with Crippen molar-refractivity contribution in [1.29, 1.82) is 0 Å². The van der Waals surface area contributed by atoms with Crippen molar-refractivity contribution in [1.82, 2.24) is 5.32 Å². The summed E-state index contributed by atoms with van der Waals surface area (Å²) >= 11 is 0. The fraction of sp³-hybridized carbons (Fsp3) is 0.676. The number of allylic oxidation sites excluding steroid dienone is 10. The number of hydrogen-bond donors (Lipinski definition) is 3. The fourth-order valence-electron chi connectivity index (χ4n) is 4.25. The molecule has 2 unspecified atom stereocenters. The van der Waals surface area contributed by atoms with Crippen LogP contribution in [0.25, 0.3) is 0 Å². The average Bonchev–Trinajstić information content (AvgIpc) is 3.05. The predicted molar refractivity (Wildman–Crippen MR) is 192 cm³/mol. The number of ether oxygens (including phenoxy) is 1. The van der Waals surface area contributed by atoms with Crippen LogP contribution >= 0.6 is 7.82 Å². The largest absolute Gasteiger partial charge is 0.472 e. The molecule has 0 aromatic carbocycles. The van der Waals surface area contributed by atoms with Crippen LogP contribution in [-0.4, -0.2) is 54.3 Å². The van der Waals surface area contributed by atoms with Crippen LogP contribution in [0.4, 0.5) is 0 Å². The van der Waals surface area contributed by atoms with E-state index in [1.807, 2.05) is 0 Å². The molecule has 10 heteroatoms. The molecular formula is C37H64NO8P. The Morgan fingerprint density at radius 2 is 1.21 bits per heavy atom. The second-order valence-electron chi connectivity index (χ2n) is 11.5. The van der Waals surface area contributed by atoms with Crippen LogP contribution in [0, 0.1) is 0 Å². The topological polar surface area (TPSA) is 131 Å². The predicted octanol–water partition coefficient (Wildman–Crippen LogP) is 8.98. The lowest BCUT2D eigenvalue weighted by Crippen LogP contribution is -2.27. The zero-order valence-corrected chi connectivity index (χ0v) is 30.1. The molecule has 1 amide bonds. The van der Waals surface area contributed by atoms with Gasteiger partial charge in [-0.1, -0.05) is 107 Å². The van der Waals surface area contributed by atoms with Gasteiger partial charge in [-0.25, -0.2) is 4.57 Å². The standard InChI is InChI=1S/C37H64NO8P/c1-3-5-7-9-11-13-15-17-19-21-23-25-27-29-36(40)38-31-32-45-47(42,43)46-34-35(39)33-44-37(41)30-28-26-24-22-20-18-16-14-12-10-8-6-4-2/h5,7-8,10-11,13-14,16-17,19,35,39H,3-4,6,9,12,15,18,20-34H2,1-2H3,(H,38,40)(H,42,43)/b7-5-,10-8-,13-11-,16-14-,19-17-. The third-order valence-corrected chi connectivity index (χ3v) is 7.90. The first-order valence-corrected chi connectivity index (χ1v) is 19.3. The number of phosphoric acid groups is 1. The Morgan fingerprint density at radius 1 is 0.681 bits per heavy atom. The monoisotopic (exact) mass is 681 g/mol. The summed E-state index contributed by atoms with van der Waals surface area (Å²) in [5, 5.41) is 12.6. The van der Waals surface area contributed by atoms with Gasteiger partial charge in [0.25, 0.3) is 0 Å². The third-order valence-electron chi connectivity index (χ3n) is 6.91. The van der Waals surface area contributed by atoms with Crippen LogP contribution in [0.5, 0.6) is 0 Å². The van der Waals surface area contributed by atoms with Gasteiger partial charge in [-0.2, -0.15) is 0 Å². The molecule has 0 aliphatic heterocycles. The highest BCUT2D eigenvalue weighted by atomic mass is 31.2. The number of nitrogens with one attached hydrogen (secondary N) is 1. The van der Waals surface area contributed by atoms with Gasteiger partial charge >= 0.3 is 13.8 Å². The Bertz CT molecular complexity index is 960. The molecule has 0 saturated heterocycles. The smallest absolute Gasteiger partial charge is 0.463 e. The van der Waals surface area contributed by atoms with Gasteiger partial charge in [0.05, 0.1) is 13.2 Å². The van der Waals surface area contributed by atoms with Gasteiger partial charge < -0.3 is 20.1 Å². The number of esters is 1. The van der Waals surface area contributed by atoms with Crippen molar-refractivity contribution in [2.24, 2.45) is 0 Å². The molecule has 0 radical (unpaired) electrons. The quantitative estimate of drug-likeness (QED) is 0.0278. The van der Waals surface area contributed by atoms with E-state index in [0.29, 0.717) is 12.8 Å². The van der Waals surface area contributed by atoms with Crippen molar-refractivity contribution >= 4 is 19.7 Å². The average molecular weight is 682 g/mol. The van der Waals surface area contributed by atoms with Gasteiger partial charge in [0.2, 0.25) is 5.91 Å². The van der Waals surface area contributed by atoms with E-state index >= 15 is 0 Å². The minimum atomic E-state index is -4.42. The van der Waals surface area contributed by atoms with Crippen molar-refractivity contribution in [3.63, 3.8) is 0 Å². The molecule has 47 heavy (non-hydrogen) atoms. The first kappa shape index (κ1) is 44.7. The third kappa shape index (κ3) is 34.9. The molecule has 3 N–H and O–H groups in total. The molecule has 0 heterocycles. The second kappa shape index (κ2) is 33.6. The van der Waals surface area contributed by atoms with Gasteiger partial charge in [-0.3, -0.25) is 18.6 Å². The van der Waals surface area contributed by atoms with Gasteiger partial charge in [0.15, 0.2) is 0 Å². The van der Waals surface area contributed by atoms with Crippen molar-refractivity contribution in [2.75, 3.05) is 26.4 Å². The summed E-state index contributed by atoms with van der Waals surface area (Å²) < 4.78 is 26.7. The van der Waals surface area contributed by atoms with E-state index in [1.165, 1.54) is 6.42 Å². The minimum Gasteiger partial charge on any atom is -0.463 e. The molecule has 0 aromatic rings. The van der Waals surface area contributed by atoms with Crippen molar-refractivity contribution in [3.05, 3.63) is 60.8 Å². The van der Waals surface area contributed by atoms with Crippen molar-refractivity contribution in [2.45, 2.75) is 136 Å². The van der Waals surface area contributed by atoms with Crippen LogP contribution in [-0.2, 0) is 27.9 Å². The second-order valence-corrected chi connectivity index (χ2v) is 12.9. The Hall–Kier alpha value is -2.29. The summed E-state index contributed by atoms with van der Waals surface area (Å²) in [6, 6.07) is 0. The summed E-state index contributed by atoms with van der Waals surface area (Å²) in [6.07, 6.45) is 37.2. The van der Waals surface area contributed by atoms with Crippen molar-refractivity contribution < 1.29 is 37.9 Å². The van der Waals surface area contributed by atoms with E-state index in [9.17, 15) is 24.2 Å². The SMILES string of the molecule is CC/C=C\C/C=C\C/C=C\CCCCCC(=O)NCCOP(=O)(O)OCC(O)COC(=O)CCCCCCC/C=C\C/C=C\CCC. The number of aliphatic hydroxyl groups excluding tert-OH is 1. The summed E-state index contributed by atoms with van der Waals surface area (Å²) in [6.45, 7) is 3.28. The van der Waals surface area contributed by atoms with E-state index in [0.717, 1.165) is 89.9 Å². The summed E-state index contributed by atoms with van der Waals surface area (Å²) in [4.78, 5) is 33.7. The number of carbonyl (C=O) groups is 2. The molecule has 0 aliphatic carbocycles. The number of hydrogen-bond acceptors (Lipinski definition) is 7. The van der Waals surface area contributed by atoms with Gasteiger partial charge in [0, 0.05) is 19.4 Å². The molecule has 0 aliphatic rings. The maximum Gasteiger partial charge on any atom is 0.472 e. The first-order chi connectivity index (χ1) is 22.8. The number of aliphatic hydroxyl groups is 1. The molecule has 0 spiro atoms. The van der Waals surface area contributed by atoms with Gasteiger partial charge in [-0.05, 0) is 70.6 Å². The molecule has 0 saturated carbocycles. The number of carbonyl (C=O) groups excluding carboxylic acids is 2. The zero-order valence-electron chi connectivity index (χ0n) is 29.2. The van der Waals surface area contributed by atoms with Crippen LogP contribution in [0.1, 0.15) is 129 Å². The van der Waals surface area contributed by atoms with E-state index < -0.39 is 26.5 Å². The number of phosphoric ester groups is 1.